The average Bonchev–Trinajstić information content (AvgIpc) is 2.37. The first-order valence-electron chi connectivity index (χ1n) is 5.88. The van der Waals surface area contributed by atoms with E-state index in [9.17, 15) is 13.6 Å². The molecule has 0 aliphatic rings. The van der Waals surface area contributed by atoms with Crippen molar-refractivity contribution in [2.24, 2.45) is 0 Å². The highest BCUT2D eigenvalue weighted by molar-refractivity contribution is 5.94. The zero-order chi connectivity index (χ0) is 13.5. The molecule has 18 heavy (non-hydrogen) atoms. The Hall–Kier alpha value is -1.49. The molecule has 1 N–H and O–H groups in total. The van der Waals surface area contributed by atoms with E-state index in [1.165, 1.54) is 17.0 Å². The van der Waals surface area contributed by atoms with E-state index in [0.717, 1.165) is 18.9 Å². The molecule has 5 heteroatoms. The van der Waals surface area contributed by atoms with E-state index in [0.29, 0.717) is 13.0 Å². The third-order valence-corrected chi connectivity index (χ3v) is 2.68. The molecule has 0 heterocycles. The van der Waals surface area contributed by atoms with Gasteiger partial charge in [0.15, 0.2) is 11.6 Å². The van der Waals surface area contributed by atoms with Crippen molar-refractivity contribution >= 4 is 5.91 Å². The topological polar surface area (TPSA) is 40.5 Å². The van der Waals surface area contributed by atoms with E-state index in [2.05, 4.69) is 0 Å². The van der Waals surface area contributed by atoms with Crippen molar-refractivity contribution in [3.05, 3.63) is 35.4 Å². The largest absolute Gasteiger partial charge is 0.396 e. The van der Waals surface area contributed by atoms with Gasteiger partial charge >= 0.3 is 0 Å². The first kappa shape index (κ1) is 14.6. The standard InChI is InChI=1S/C13H17F2NO2/c1-16(8-3-2-4-9-17)13(18)10-6-5-7-11(14)12(10)15/h5-7,17H,2-4,8-9H2,1H3. The summed E-state index contributed by atoms with van der Waals surface area (Å²) < 4.78 is 26.4. The third-order valence-electron chi connectivity index (χ3n) is 2.68. The van der Waals surface area contributed by atoms with Gasteiger partial charge in [-0.15, -0.1) is 0 Å². The Morgan fingerprint density at radius 3 is 2.67 bits per heavy atom. The molecule has 0 saturated carbocycles. The van der Waals surface area contributed by atoms with E-state index in [-0.39, 0.29) is 12.2 Å². The number of hydrogen-bond donors (Lipinski definition) is 1. The minimum atomic E-state index is -1.11. The van der Waals surface area contributed by atoms with Crippen molar-refractivity contribution in [2.45, 2.75) is 19.3 Å². The monoisotopic (exact) mass is 257 g/mol. The van der Waals surface area contributed by atoms with Crippen LogP contribution in [-0.4, -0.2) is 36.1 Å². The van der Waals surface area contributed by atoms with Gasteiger partial charge in [0, 0.05) is 20.2 Å². The Morgan fingerprint density at radius 1 is 1.28 bits per heavy atom. The van der Waals surface area contributed by atoms with Crippen LogP contribution in [0.4, 0.5) is 8.78 Å². The molecule has 1 amide bonds. The molecule has 0 aromatic heterocycles. The summed E-state index contributed by atoms with van der Waals surface area (Å²) in [6, 6.07) is 3.56. The first-order valence-corrected chi connectivity index (χ1v) is 5.88. The van der Waals surface area contributed by atoms with Crippen LogP contribution in [0, 0.1) is 11.6 Å². The molecule has 0 unspecified atom stereocenters. The van der Waals surface area contributed by atoms with Crippen molar-refractivity contribution in [2.75, 3.05) is 20.2 Å². The van der Waals surface area contributed by atoms with Crippen LogP contribution < -0.4 is 0 Å². The lowest BCUT2D eigenvalue weighted by molar-refractivity contribution is 0.0786. The highest BCUT2D eigenvalue weighted by Gasteiger charge is 2.18. The molecular weight excluding hydrogens is 240 g/mol. The molecule has 0 aliphatic carbocycles. The zero-order valence-electron chi connectivity index (χ0n) is 10.3. The van der Waals surface area contributed by atoms with E-state index in [1.807, 2.05) is 0 Å². The Labute approximate surface area is 105 Å². The maximum absolute atomic E-state index is 13.4. The minimum Gasteiger partial charge on any atom is -0.396 e. The molecule has 3 nitrogen and oxygen atoms in total. The second kappa shape index (κ2) is 7.06. The molecule has 1 rings (SSSR count). The normalized spacial score (nSPS) is 10.4. The number of amides is 1. The van der Waals surface area contributed by atoms with Crippen LogP contribution >= 0.6 is 0 Å². The second-order valence-corrected chi connectivity index (χ2v) is 4.11. The van der Waals surface area contributed by atoms with Crippen LogP contribution in [0.1, 0.15) is 29.6 Å². The predicted octanol–water partition coefficient (Wildman–Crippen LogP) is 2.20. The second-order valence-electron chi connectivity index (χ2n) is 4.11. The van der Waals surface area contributed by atoms with Gasteiger partial charge in [-0.3, -0.25) is 4.79 Å². The summed E-state index contributed by atoms with van der Waals surface area (Å²) in [6.45, 7) is 0.574. The molecular formula is C13H17F2NO2. The molecule has 0 atom stereocenters. The fourth-order valence-corrected chi connectivity index (χ4v) is 1.61. The quantitative estimate of drug-likeness (QED) is 0.794. The summed E-state index contributed by atoms with van der Waals surface area (Å²) in [5, 5.41) is 8.61. The summed E-state index contributed by atoms with van der Waals surface area (Å²) in [5.74, 6) is -2.66. The summed E-state index contributed by atoms with van der Waals surface area (Å²) in [7, 11) is 1.55. The Balaban J connectivity index is 2.60. The lowest BCUT2D eigenvalue weighted by atomic mass is 10.1. The van der Waals surface area contributed by atoms with Crippen LogP contribution in [0.15, 0.2) is 18.2 Å². The lowest BCUT2D eigenvalue weighted by Crippen LogP contribution is -2.28. The van der Waals surface area contributed by atoms with Crippen LogP contribution in [0.25, 0.3) is 0 Å². The molecule has 0 aliphatic heterocycles. The van der Waals surface area contributed by atoms with Crippen molar-refractivity contribution in [3.8, 4) is 0 Å². The van der Waals surface area contributed by atoms with E-state index in [4.69, 9.17) is 5.11 Å². The molecule has 100 valence electrons. The Morgan fingerprint density at radius 2 is 2.00 bits per heavy atom. The van der Waals surface area contributed by atoms with Gasteiger partial charge in [-0.1, -0.05) is 6.07 Å². The Kier molecular flexibility index (Phi) is 5.71. The van der Waals surface area contributed by atoms with Gasteiger partial charge in [0.05, 0.1) is 5.56 Å². The first-order chi connectivity index (χ1) is 8.57. The lowest BCUT2D eigenvalue weighted by Gasteiger charge is -2.17. The van der Waals surface area contributed by atoms with Crippen molar-refractivity contribution < 1.29 is 18.7 Å². The average molecular weight is 257 g/mol. The Bertz CT molecular complexity index is 410. The van der Waals surface area contributed by atoms with Crippen LogP contribution in [-0.2, 0) is 0 Å². The fraction of sp³-hybridized carbons (Fsp3) is 0.462. The summed E-state index contributed by atoms with van der Waals surface area (Å²) >= 11 is 0. The summed E-state index contributed by atoms with van der Waals surface area (Å²) in [5.41, 5.74) is -0.250. The number of carbonyl (C=O) groups excluding carboxylic acids is 1. The van der Waals surface area contributed by atoms with Crippen molar-refractivity contribution in [1.82, 2.24) is 4.90 Å². The summed E-state index contributed by atoms with van der Waals surface area (Å²) in [6.07, 6.45) is 2.19. The number of nitrogens with zero attached hydrogens (tertiary/aromatic N) is 1. The maximum atomic E-state index is 13.4. The van der Waals surface area contributed by atoms with E-state index in [1.54, 1.807) is 7.05 Å². The van der Waals surface area contributed by atoms with Crippen LogP contribution in [0.5, 0.6) is 0 Å². The van der Waals surface area contributed by atoms with E-state index < -0.39 is 17.5 Å². The van der Waals surface area contributed by atoms with Crippen LogP contribution in [0.3, 0.4) is 0 Å². The number of benzene rings is 1. The van der Waals surface area contributed by atoms with Crippen molar-refractivity contribution in [3.63, 3.8) is 0 Å². The number of halogens is 2. The third kappa shape index (κ3) is 3.77. The maximum Gasteiger partial charge on any atom is 0.256 e. The fourth-order valence-electron chi connectivity index (χ4n) is 1.61. The van der Waals surface area contributed by atoms with Gasteiger partial charge in [-0.05, 0) is 31.4 Å². The molecule has 1 aromatic rings. The molecule has 0 bridgehead atoms. The number of unbranched alkanes of at least 4 members (excludes halogenated alkanes) is 2. The highest BCUT2D eigenvalue weighted by Crippen LogP contribution is 2.13. The van der Waals surface area contributed by atoms with E-state index >= 15 is 0 Å². The number of rotatable bonds is 6. The number of carbonyl (C=O) groups is 1. The number of hydrogen-bond acceptors (Lipinski definition) is 2. The van der Waals surface area contributed by atoms with Gasteiger partial charge < -0.3 is 10.0 Å². The smallest absolute Gasteiger partial charge is 0.256 e. The highest BCUT2D eigenvalue weighted by atomic mass is 19.2. The van der Waals surface area contributed by atoms with Gasteiger partial charge in [0.1, 0.15) is 0 Å². The molecule has 0 spiro atoms. The minimum absolute atomic E-state index is 0.121. The number of aliphatic hydroxyl groups is 1. The zero-order valence-corrected chi connectivity index (χ0v) is 10.3. The van der Waals surface area contributed by atoms with Crippen LogP contribution in [0.2, 0.25) is 0 Å². The molecule has 1 aromatic carbocycles. The SMILES string of the molecule is CN(CCCCCO)C(=O)c1cccc(F)c1F. The van der Waals surface area contributed by atoms with Gasteiger partial charge in [-0.25, -0.2) is 8.78 Å². The van der Waals surface area contributed by atoms with Gasteiger partial charge in [-0.2, -0.15) is 0 Å². The van der Waals surface area contributed by atoms with Gasteiger partial charge in [0.2, 0.25) is 0 Å². The molecule has 0 fully saturated rings. The van der Waals surface area contributed by atoms with Crippen molar-refractivity contribution in [1.29, 1.82) is 0 Å². The predicted molar refractivity (Wildman–Crippen MR) is 64.3 cm³/mol. The summed E-state index contributed by atoms with van der Waals surface area (Å²) in [4.78, 5) is 13.2. The molecule has 0 radical (unpaired) electrons. The molecule has 0 saturated heterocycles. The van der Waals surface area contributed by atoms with Gasteiger partial charge in [0.25, 0.3) is 5.91 Å². The number of aliphatic hydroxyl groups excluding tert-OH is 1.